The van der Waals surface area contributed by atoms with E-state index in [-0.39, 0.29) is 11.6 Å². The van der Waals surface area contributed by atoms with Gasteiger partial charge in [0.1, 0.15) is 11.5 Å². The summed E-state index contributed by atoms with van der Waals surface area (Å²) in [6, 6.07) is 9.50. The van der Waals surface area contributed by atoms with Gasteiger partial charge in [0.25, 0.3) is 0 Å². The number of benzene rings is 1. The molecular formula is C13H10FNO. The number of carbonyl (C=O) groups is 1. The van der Waals surface area contributed by atoms with Gasteiger partial charge in [-0.2, -0.15) is 0 Å². The third kappa shape index (κ3) is 1.98. The molecule has 0 amide bonds. The lowest BCUT2D eigenvalue weighted by molar-refractivity contribution is 0.103. The van der Waals surface area contributed by atoms with Crippen molar-refractivity contribution < 1.29 is 9.18 Å². The molecule has 2 aromatic rings. The number of hydrogen-bond acceptors (Lipinski definition) is 2. The molecule has 2 rings (SSSR count). The molecule has 0 spiro atoms. The van der Waals surface area contributed by atoms with E-state index in [9.17, 15) is 9.18 Å². The molecule has 0 unspecified atom stereocenters. The van der Waals surface area contributed by atoms with Crippen LogP contribution in [0.25, 0.3) is 0 Å². The lowest BCUT2D eigenvalue weighted by atomic mass is 10.1. The maximum absolute atomic E-state index is 13.3. The van der Waals surface area contributed by atoms with Crippen molar-refractivity contribution >= 4 is 5.78 Å². The van der Waals surface area contributed by atoms with Crippen LogP contribution in [0.3, 0.4) is 0 Å². The molecule has 0 aliphatic heterocycles. The van der Waals surface area contributed by atoms with Crippen LogP contribution in [0, 0.1) is 12.7 Å². The highest BCUT2D eigenvalue weighted by molar-refractivity contribution is 6.07. The minimum atomic E-state index is -0.373. The first-order valence-electron chi connectivity index (χ1n) is 4.90. The van der Waals surface area contributed by atoms with E-state index in [1.807, 2.05) is 0 Å². The van der Waals surface area contributed by atoms with E-state index in [1.54, 1.807) is 37.3 Å². The van der Waals surface area contributed by atoms with E-state index in [0.717, 1.165) is 0 Å². The zero-order valence-corrected chi connectivity index (χ0v) is 8.77. The monoisotopic (exact) mass is 215 g/mol. The standard InChI is InChI=1S/C13H10FNO/c1-9-5-6-10(8-11(9)14)13(16)12-4-2-3-7-15-12/h2-8H,1H3. The van der Waals surface area contributed by atoms with Crippen LogP contribution in [-0.2, 0) is 0 Å². The van der Waals surface area contributed by atoms with Crippen molar-refractivity contribution in [1.29, 1.82) is 0 Å². The van der Waals surface area contributed by atoms with Gasteiger partial charge < -0.3 is 0 Å². The fraction of sp³-hybridized carbons (Fsp3) is 0.0769. The molecule has 0 bridgehead atoms. The maximum atomic E-state index is 13.3. The zero-order chi connectivity index (χ0) is 11.5. The van der Waals surface area contributed by atoms with Gasteiger partial charge >= 0.3 is 0 Å². The lowest BCUT2D eigenvalue weighted by Crippen LogP contribution is -2.04. The van der Waals surface area contributed by atoms with Crippen LogP contribution >= 0.6 is 0 Å². The molecule has 1 aromatic carbocycles. The summed E-state index contributed by atoms with van der Waals surface area (Å²) in [4.78, 5) is 15.8. The molecule has 0 saturated heterocycles. The van der Waals surface area contributed by atoms with Crippen molar-refractivity contribution in [3.05, 3.63) is 65.2 Å². The molecule has 0 aliphatic rings. The van der Waals surface area contributed by atoms with Crippen LogP contribution < -0.4 is 0 Å². The second-order valence-electron chi connectivity index (χ2n) is 3.51. The summed E-state index contributed by atoms with van der Waals surface area (Å²) < 4.78 is 13.3. The molecule has 1 aromatic heterocycles. The largest absolute Gasteiger partial charge is 0.287 e. The predicted molar refractivity (Wildman–Crippen MR) is 58.8 cm³/mol. The van der Waals surface area contributed by atoms with E-state index in [1.165, 1.54) is 12.3 Å². The molecule has 0 aliphatic carbocycles. The predicted octanol–water partition coefficient (Wildman–Crippen LogP) is 2.76. The first-order chi connectivity index (χ1) is 7.68. The van der Waals surface area contributed by atoms with E-state index in [2.05, 4.69) is 4.98 Å². The van der Waals surface area contributed by atoms with Gasteiger partial charge in [-0.05, 0) is 30.7 Å². The van der Waals surface area contributed by atoms with Crippen molar-refractivity contribution in [2.45, 2.75) is 6.92 Å². The van der Waals surface area contributed by atoms with Crippen LogP contribution in [0.4, 0.5) is 4.39 Å². The highest BCUT2D eigenvalue weighted by atomic mass is 19.1. The summed E-state index contributed by atoms with van der Waals surface area (Å²) in [5.41, 5.74) is 1.17. The molecular weight excluding hydrogens is 205 g/mol. The summed E-state index contributed by atoms with van der Waals surface area (Å²) in [5.74, 6) is -0.638. The Morgan fingerprint density at radius 1 is 1.25 bits per heavy atom. The number of aromatic nitrogens is 1. The molecule has 3 heteroatoms. The summed E-state index contributed by atoms with van der Waals surface area (Å²) >= 11 is 0. The number of pyridine rings is 1. The average Bonchev–Trinajstić information content (AvgIpc) is 2.33. The number of carbonyl (C=O) groups excluding carboxylic acids is 1. The molecule has 0 fully saturated rings. The number of aryl methyl sites for hydroxylation is 1. The Balaban J connectivity index is 2.39. The number of rotatable bonds is 2. The van der Waals surface area contributed by atoms with E-state index in [4.69, 9.17) is 0 Å². The second-order valence-corrected chi connectivity index (χ2v) is 3.51. The summed E-state index contributed by atoms with van der Waals surface area (Å²) in [7, 11) is 0. The van der Waals surface area contributed by atoms with E-state index >= 15 is 0 Å². The molecule has 80 valence electrons. The molecule has 2 nitrogen and oxygen atoms in total. The van der Waals surface area contributed by atoms with Gasteiger partial charge in [0.05, 0.1) is 0 Å². The van der Waals surface area contributed by atoms with Gasteiger partial charge in [0.2, 0.25) is 5.78 Å². The van der Waals surface area contributed by atoms with Crippen molar-refractivity contribution in [2.24, 2.45) is 0 Å². The Kier molecular flexibility index (Phi) is 2.77. The smallest absolute Gasteiger partial charge is 0.211 e. The minimum absolute atomic E-state index is 0.264. The van der Waals surface area contributed by atoms with Gasteiger partial charge in [-0.3, -0.25) is 9.78 Å². The van der Waals surface area contributed by atoms with Gasteiger partial charge in [0, 0.05) is 11.8 Å². The number of ketones is 1. The fourth-order valence-corrected chi connectivity index (χ4v) is 1.38. The molecule has 0 atom stereocenters. The SMILES string of the molecule is Cc1ccc(C(=O)c2ccccn2)cc1F. The van der Waals surface area contributed by atoms with Crippen molar-refractivity contribution in [2.75, 3.05) is 0 Å². The molecule has 1 heterocycles. The summed E-state index contributed by atoms with van der Waals surface area (Å²) in [6.07, 6.45) is 1.54. The normalized spacial score (nSPS) is 10.1. The Morgan fingerprint density at radius 3 is 2.69 bits per heavy atom. The number of hydrogen-bond donors (Lipinski definition) is 0. The lowest BCUT2D eigenvalue weighted by Gasteiger charge is -2.01. The van der Waals surface area contributed by atoms with Crippen LogP contribution in [-0.4, -0.2) is 10.8 Å². The maximum Gasteiger partial charge on any atom is 0.211 e. The number of nitrogens with zero attached hydrogens (tertiary/aromatic N) is 1. The first kappa shape index (κ1) is 10.5. The van der Waals surface area contributed by atoms with E-state index < -0.39 is 0 Å². The average molecular weight is 215 g/mol. The third-order valence-electron chi connectivity index (χ3n) is 2.33. The van der Waals surface area contributed by atoms with Crippen LogP contribution in [0.15, 0.2) is 42.6 Å². The molecule has 16 heavy (non-hydrogen) atoms. The van der Waals surface area contributed by atoms with Gasteiger partial charge in [-0.25, -0.2) is 4.39 Å². The van der Waals surface area contributed by atoms with Crippen molar-refractivity contribution in [3.63, 3.8) is 0 Å². The van der Waals surface area contributed by atoms with Crippen molar-refractivity contribution in [3.8, 4) is 0 Å². The third-order valence-corrected chi connectivity index (χ3v) is 2.33. The Bertz CT molecular complexity index is 523. The Morgan fingerprint density at radius 2 is 2.06 bits per heavy atom. The van der Waals surface area contributed by atoms with Gasteiger partial charge in [-0.15, -0.1) is 0 Å². The summed E-state index contributed by atoms with van der Waals surface area (Å²) in [5, 5.41) is 0. The highest BCUT2D eigenvalue weighted by Gasteiger charge is 2.11. The Hall–Kier alpha value is -2.03. The van der Waals surface area contributed by atoms with Crippen LogP contribution in [0.5, 0.6) is 0 Å². The molecule has 0 N–H and O–H groups in total. The van der Waals surface area contributed by atoms with Crippen LogP contribution in [0.1, 0.15) is 21.6 Å². The topological polar surface area (TPSA) is 30.0 Å². The zero-order valence-electron chi connectivity index (χ0n) is 8.77. The van der Waals surface area contributed by atoms with E-state index in [0.29, 0.717) is 16.8 Å². The molecule has 0 saturated carbocycles. The summed E-state index contributed by atoms with van der Waals surface area (Å²) in [6.45, 7) is 1.66. The first-order valence-corrected chi connectivity index (χ1v) is 4.90. The van der Waals surface area contributed by atoms with Gasteiger partial charge in [0.15, 0.2) is 0 Å². The van der Waals surface area contributed by atoms with Crippen LogP contribution in [0.2, 0.25) is 0 Å². The fourth-order valence-electron chi connectivity index (χ4n) is 1.38. The Labute approximate surface area is 92.8 Å². The van der Waals surface area contributed by atoms with Crippen molar-refractivity contribution in [1.82, 2.24) is 4.98 Å². The quantitative estimate of drug-likeness (QED) is 0.721. The highest BCUT2D eigenvalue weighted by Crippen LogP contribution is 2.12. The minimum Gasteiger partial charge on any atom is -0.287 e. The van der Waals surface area contributed by atoms with Gasteiger partial charge in [-0.1, -0.05) is 18.2 Å². The number of halogens is 1. The molecule has 0 radical (unpaired) electrons. The second kappa shape index (κ2) is 4.23.